The molecule has 4 heterocycles. The van der Waals surface area contributed by atoms with E-state index in [1.54, 1.807) is 4.90 Å². The van der Waals surface area contributed by atoms with Crippen molar-refractivity contribution < 1.29 is 14.3 Å². The summed E-state index contributed by atoms with van der Waals surface area (Å²) in [4.78, 5) is 38.8. The Balaban J connectivity index is 1.32. The topological polar surface area (TPSA) is 75.6 Å². The van der Waals surface area contributed by atoms with Crippen LogP contribution in [0.3, 0.4) is 0 Å². The lowest BCUT2D eigenvalue weighted by Crippen LogP contribution is -2.49. The molecule has 150 valence electrons. The third kappa shape index (κ3) is 2.35. The predicted molar refractivity (Wildman–Crippen MR) is 108 cm³/mol. The van der Waals surface area contributed by atoms with Crippen molar-refractivity contribution in [2.24, 2.45) is 0 Å². The van der Waals surface area contributed by atoms with Crippen molar-refractivity contribution in [3.05, 3.63) is 72.1 Å². The van der Waals surface area contributed by atoms with Crippen molar-refractivity contribution in [1.82, 2.24) is 19.8 Å². The van der Waals surface area contributed by atoms with Gasteiger partial charge in [0.05, 0.1) is 42.3 Å². The Morgan fingerprint density at radius 1 is 1.07 bits per heavy atom. The van der Waals surface area contributed by atoms with Crippen LogP contribution in [0.4, 0.5) is 0 Å². The number of benzene rings is 2. The molecule has 3 saturated heterocycles. The van der Waals surface area contributed by atoms with Gasteiger partial charge in [0, 0.05) is 13.0 Å². The molecule has 0 bridgehead atoms. The molecule has 0 aliphatic carbocycles. The van der Waals surface area contributed by atoms with Crippen molar-refractivity contribution in [2.45, 2.75) is 30.7 Å². The molecule has 2 amide bonds. The maximum Gasteiger partial charge on any atom is 0.274 e. The van der Waals surface area contributed by atoms with Crippen LogP contribution in [-0.4, -0.2) is 56.5 Å². The van der Waals surface area contributed by atoms with Gasteiger partial charge in [-0.25, -0.2) is 4.98 Å². The van der Waals surface area contributed by atoms with Gasteiger partial charge < -0.3 is 14.5 Å². The minimum Gasteiger partial charge on any atom is -0.351 e. The number of para-hydroxylation sites is 2. The zero-order chi connectivity index (χ0) is 20.3. The first-order valence-electron chi connectivity index (χ1n) is 10.2. The van der Waals surface area contributed by atoms with E-state index in [0.29, 0.717) is 30.8 Å². The first kappa shape index (κ1) is 17.5. The van der Waals surface area contributed by atoms with E-state index in [9.17, 15) is 9.59 Å². The van der Waals surface area contributed by atoms with E-state index in [-0.39, 0.29) is 30.3 Å². The fraction of sp³-hybridized carbons (Fsp3) is 0.304. The van der Waals surface area contributed by atoms with Crippen LogP contribution in [0.2, 0.25) is 0 Å². The number of hydrogen-bond acceptors (Lipinski definition) is 5. The molecule has 3 fully saturated rings. The van der Waals surface area contributed by atoms with Crippen molar-refractivity contribution in [1.29, 1.82) is 0 Å². The summed E-state index contributed by atoms with van der Waals surface area (Å²) in [6.07, 6.45) is 2.40. The Labute approximate surface area is 173 Å². The van der Waals surface area contributed by atoms with Gasteiger partial charge in [-0.1, -0.05) is 42.5 Å². The first-order valence-corrected chi connectivity index (χ1v) is 10.2. The lowest BCUT2D eigenvalue weighted by Gasteiger charge is -2.33. The third-order valence-corrected chi connectivity index (χ3v) is 6.57. The Bertz CT molecular complexity index is 1170. The fourth-order valence-corrected chi connectivity index (χ4v) is 5.22. The molecular formula is C23H20N4O3. The molecule has 3 aliphatic rings. The van der Waals surface area contributed by atoms with Gasteiger partial charge in [0.25, 0.3) is 5.91 Å². The molecule has 0 N–H and O–H groups in total. The number of carbonyl (C=O) groups excluding carboxylic acids is 2. The highest BCUT2D eigenvalue weighted by atomic mass is 16.5. The van der Waals surface area contributed by atoms with E-state index >= 15 is 0 Å². The summed E-state index contributed by atoms with van der Waals surface area (Å²) >= 11 is 0. The fourth-order valence-electron chi connectivity index (χ4n) is 5.22. The average molecular weight is 400 g/mol. The van der Waals surface area contributed by atoms with E-state index in [4.69, 9.17) is 4.74 Å². The summed E-state index contributed by atoms with van der Waals surface area (Å²) in [6.45, 7) is 0.980. The normalized spacial score (nSPS) is 27.5. The smallest absolute Gasteiger partial charge is 0.274 e. The maximum absolute atomic E-state index is 13.3. The summed E-state index contributed by atoms with van der Waals surface area (Å²) in [5.74, 6) is -0.162. The molecule has 0 unspecified atom stereocenters. The molecule has 6 rings (SSSR count). The van der Waals surface area contributed by atoms with E-state index in [0.717, 1.165) is 11.1 Å². The molecule has 0 radical (unpaired) electrons. The van der Waals surface area contributed by atoms with Gasteiger partial charge in [-0.3, -0.25) is 14.6 Å². The van der Waals surface area contributed by atoms with Crippen LogP contribution in [0.25, 0.3) is 11.0 Å². The monoisotopic (exact) mass is 400 g/mol. The molecule has 7 nitrogen and oxygen atoms in total. The van der Waals surface area contributed by atoms with Gasteiger partial charge in [-0.2, -0.15) is 0 Å². The molecule has 30 heavy (non-hydrogen) atoms. The van der Waals surface area contributed by atoms with Gasteiger partial charge in [-0.15, -0.1) is 0 Å². The van der Waals surface area contributed by atoms with Crippen molar-refractivity contribution in [2.75, 3.05) is 13.2 Å². The lowest BCUT2D eigenvalue weighted by molar-refractivity contribution is -0.138. The highest BCUT2D eigenvalue weighted by Gasteiger charge is 2.65. The molecule has 1 aromatic heterocycles. The largest absolute Gasteiger partial charge is 0.351 e. The van der Waals surface area contributed by atoms with Crippen LogP contribution in [0, 0.1) is 0 Å². The van der Waals surface area contributed by atoms with Gasteiger partial charge in [0.2, 0.25) is 5.91 Å². The SMILES string of the molecule is O=C(c1cnc2ccccc2n1)N1CC[C@@]23OC[C@@H](c4ccccc4)N2C(=O)C[C@@H]13. The maximum atomic E-state index is 13.3. The van der Waals surface area contributed by atoms with Crippen LogP contribution in [-0.2, 0) is 9.53 Å². The van der Waals surface area contributed by atoms with Gasteiger partial charge in [-0.05, 0) is 17.7 Å². The van der Waals surface area contributed by atoms with Crippen molar-refractivity contribution >= 4 is 22.8 Å². The molecule has 3 aliphatic heterocycles. The number of carbonyl (C=O) groups is 2. The predicted octanol–water partition coefficient (Wildman–Crippen LogP) is 2.54. The summed E-state index contributed by atoms with van der Waals surface area (Å²) < 4.78 is 6.29. The highest BCUT2D eigenvalue weighted by molar-refractivity contribution is 5.95. The zero-order valence-electron chi connectivity index (χ0n) is 16.3. The Morgan fingerprint density at radius 3 is 2.67 bits per heavy atom. The second-order valence-electron chi connectivity index (χ2n) is 8.06. The standard InChI is InChI=1S/C23H20N4O3/c28-21-12-20-23(27(21)19(14-30-23)15-6-2-1-3-7-15)10-11-26(20)22(29)18-13-24-16-8-4-5-9-17(16)25-18/h1-9,13,19-20H,10-12,14H2/t19-,20+,23-/m0/s1. The molecule has 2 aromatic carbocycles. The Kier molecular flexibility index (Phi) is 3.70. The van der Waals surface area contributed by atoms with Gasteiger partial charge >= 0.3 is 0 Å². The van der Waals surface area contributed by atoms with Crippen molar-refractivity contribution in [3.8, 4) is 0 Å². The first-order chi connectivity index (χ1) is 14.7. The Hall–Kier alpha value is -3.32. The molecule has 7 heteroatoms. The number of rotatable bonds is 2. The number of likely N-dealkylation sites (tertiary alicyclic amines) is 1. The summed E-state index contributed by atoms with van der Waals surface area (Å²) in [6, 6.07) is 17.0. The molecular weight excluding hydrogens is 380 g/mol. The van der Waals surface area contributed by atoms with Crippen LogP contribution < -0.4 is 0 Å². The summed E-state index contributed by atoms with van der Waals surface area (Å²) in [5, 5.41) is 0. The minimum atomic E-state index is -0.739. The van der Waals surface area contributed by atoms with E-state index < -0.39 is 5.72 Å². The minimum absolute atomic E-state index is 0.0356. The zero-order valence-corrected chi connectivity index (χ0v) is 16.3. The van der Waals surface area contributed by atoms with Crippen LogP contribution in [0.1, 0.15) is 34.9 Å². The number of aromatic nitrogens is 2. The second-order valence-corrected chi connectivity index (χ2v) is 8.06. The van der Waals surface area contributed by atoms with E-state index in [1.165, 1.54) is 6.20 Å². The summed E-state index contributed by atoms with van der Waals surface area (Å²) in [5.41, 5.74) is 2.06. The van der Waals surface area contributed by atoms with Crippen molar-refractivity contribution in [3.63, 3.8) is 0 Å². The Morgan fingerprint density at radius 2 is 1.83 bits per heavy atom. The number of ether oxygens (including phenoxy) is 1. The van der Waals surface area contributed by atoms with Gasteiger partial charge in [0.1, 0.15) is 5.69 Å². The number of hydrogen-bond donors (Lipinski definition) is 0. The summed E-state index contributed by atoms with van der Waals surface area (Å²) in [7, 11) is 0. The van der Waals surface area contributed by atoms with Crippen LogP contribution >= 0.6 is 0 Å². The third-order valence-electron chi connectivity index (χ3n) is 6.57. The molecule has 3 aromatic rings. The van der Waals surface area contributed by atoms with Crippen LogP contribution in [0.15, 0.2) is 60.8 Å². The molecule has 3 atom stereocenters. The quantitative estimate of drug-likeness (QED) is 0.661. The molecule has 0 saturated carbocycles. The number of nitrogens with zero attached hydrogens (tertiary/aromatic N) is 4. The van der Waals surface area contributed by atoms with E-state index in [2.05, 4.69) is 9.97 Å². The molecule has 1 spiro atoms. The second kappa shape index (κ2) is 6.34. The van der Waals surface area contributed by atoms with Crippen LogP contribution in [0.5, 0.6) is 0 Å². The number of fused-ring (bicyclic) bond motifs is 1. The van der Waals surface area contributed by atoms with Gasteiger partial charge in [0.15, 0.2) is 5.72 Å². The number of amides is 2. The average Bonchev–Trinajstić information content (AvgIpc) is 3.42. The van der Waals surface area contributed by atoms with E-state index in [1.807, 2.05) is 59.5 Å². The highest BCUT2D eigenvalue weighted by Crippen LogP contribution is 2.51. The lowest BCUT2D eigenvalue weighted by atomic mass is 10.0.